The van der Waals surface area contributed by atoms with E-state index < -0.39 is 11.8 Å². The molecule has 0 saturated heterocycles. The van der Waals surface area contributed by atoms with Crippen LogP contribution in [-0.4, -0.2) is 17.8 Å². The predicted molar refractivity (Wildman–Crippen MR) is 56.2 cm³/mol. The lowest BCUT2D eigenvalue weighted by molar-refractivity contribution is -0.671. The summed E-state index contributed by atoms with van der Waals surface area (Å²) in [6.45, 7) is 6.51. The number of carbonyl (C=O) groups is 2. The molecule has 7 heteroatoms. The molecule has 84 valence electrons. The van der Waals surface area contributed by atoms with Gasteiger partial charge in [-0.15, -0.1) is 4.99 Å². The van der Waals surface area contributed by atoms with Gasteiger partial charge in [0, 0.05) is 0 Å². The molecule has 0 aliphatic rings. The zero-order valence-electron chi connectivity index (χ0n) is 8.89. The Labute approximate surface area is 96.7 Å². The molecule has 7 nitrogen and oxygen atoms in total. The van der Waals surface area contributed by atoms with Gasteiger partial charge in [-0.3, -0.25) is 9.59 Å². The number of amides is 2. The van der Waals surface area contributed by atoms with Gasteiger partial charge in [-0.1, -0.05) is 0 Å². The fourth-order valence-electron chi connectivity index (χ4n) is 1.19. The lowest BCUT2D eigenvalue weighted by atomic mass is 10.2. The fraction of sp³-hybridized carbons (Fsp3) is 0.100. The number of nitrogens with zero attached hydrogens (tertiary/aromatic N) is 3. The number of hydrogen-bond acceptors (Lipinski definition) is 3. The fourth-order valence-corrected chi connectivity index (χ4v) is 1.19. The van der Waals surface area contributed by atoms with E-state index in [2.05, 4.69) is 9.95 Å². The van der Waals surface area contributed by atoms with Crippen molar-refractivity contribution in [1.82, 2.24) is 5.43 Å². The maximum absolute atomic E-state index is 11.4. The normalized spacial score (nSPS) is 8.71. The molecule has 0 saturated carbocycles. The molecule has 0 aliphatic heterocycles. The molecule has 0 unspecified atom stereocenters. The molecule has 0 bridgehead atoms. The van der Waals surface area contributed by atoms with Gasteiger partial charge in [0.2, 0.25) is 0 Å². The lowest BCUT2D eigenvalue weighted by Crippen LogP contribution is -2.31. The first-order chi connectivity index (χ1) is 8.08. The topological polar surface area (TPSA) is 90.6 Å². The molecule has 0 fully saturated rings. The second-order valence-electron chi connectivity index (χ2n) is 3.06. The number of rotatable bonds is 2. The van der Waals surface area contributed by atoms with E-state index in [1.807, 2.05) is 5.43 Å². The van der Waals surface area contributed by atoms with Crippen molar-refractivity contribution in [1.29, 1.82) is 5.41 Å². The highest BCUT2D eigenvalue weighted by molar-refractivity contribution is 6.00. The van der Waals surface area contributed by atoms with Gasteiger partial charge in [-0.25, -0.2) is 9.98 Å². The summed E-state index contributed by atoms with van der Waals surface area (Å²) in [5.41, 5.74) is 2.24. The minimum absolute atomic E-state index is 0.143. The highest BCUT2D eigenvalue weighted by atomic mass is 16.2. The quantitative estimate of drug-likeness (QED) is 0.323. The molecule has 1 heterocycles. The molecule has 1 aromatic heterocycles. The van der Waals surface area contributed by atoms with Crippen LogP contribution in [0, 0.1) is 12.0 Å². The Morgan fingerprint density at radius 3 is 2.76 bits per heavy atom. The SMILES string of the molecule is [C-]#[N+]NC(=O)c1cc(C(=O)N=C=N)c[n+](C)c1. The van der Waals surface area contributed by atoms with Crippen LogP contribution in [0.2, 0.25) is 0 Å². The molecule has 2 amide bonds. The summed E-state index contributed by atoms with van der Waals surface area (Å²) in [6, 6.07) is 2.92. The minimum atomic E-state index is -0.673. The van der Waals surface area contributed by atoms with Gasteiger partial charge in [0.15, 0.2) is 12.4 Å². The zero-order valence-corrected chi connectivity index (χ0v) is 8.89. The molecule has 17 heavy (non-hydrogen) atoms. The Balaban J connectivity index is 3.20. The number of nitrogens with one attached hydrogen (secondary N) is 2. The molecular weight excluding hydrogens is 222 g/mol. The van der Waals surface area contributed by atoms with Crippen LogP contribution in [-0.2, 0) is 7.05 Å². The van der Waals surface area contributed by atoms with Crippen molar-refractivity contribution in [2.24, 2.45) is 12.0 Å². The molecule has 0 spiro atoms. The van der Waals surface area contributed by atoms with Crippen molar-refractivity contribution in [2.45, 2.75) is 0 Å². The van der Waals surface area contributed by atoms with E-state index in [1.165, 1.54) is 23.0 Å². The van der Waals surface area contributed by atoms with Crippen LogP contribution >= 0.6 is 0 Å². The molecule has 0 aliphatic carbocycles. The van der Waals surface area contributed by atoms with E-state index in [-0.39, 0.29) is 11.1 Å². The van der Waals surface area contributed by atoms with Crippen molar-refractivity contribution >= 4 is 17.8 Å². The van der Waals surface area contributed by atoms with Crippen LogP contribution in [0.4, 0.5) is 0 Å². The number of aromatic nitrogens is 1. The summed E-state index contributed by atoms with van der Waals surface area (Å²) in [4.78, 5) is 28.7. The van der Waals surface area contributed by atoms with Gasteiger partial charge in [0.25, 0.3) is 5.91 Å². The van der Waals surface area contributed by atoms with Crippen LogP contribution in [0.25, 0.3) is 4.95 Å². The average Bonchev–Trinajstić information content (AvgIpc) is 2.29. The Bertz CT molecular complexity index is 567. The van der Waals surface area contributed by atoms with Crippen LogP contribution in [0.15, 0.2) is 23.5 Å². The first kappa shape index (κ1) is 12.2. The summed E-state index contributed by atoms with van der Waals surface area (Å²) < 4.78 is 1.49. The first-order valence-corrected chi connectivity index (χ1v) is 4.42. The molecule has 0 radical (unpaired) electrons. The van der Waals surface area contributed by atoms with Crippen molar-refractivity contribution in [3.05, 3.63) is 41.1 Å². The van der Waals surface area contributed by atoms with E-state index in [9.17, 15) is 9.59 Å². The zero-order chi connectivity index (χ0) is 12.8. The summed E-state index contributed by atoms with van der Waals surface area (Å²) in [5.74, 6) is -1.28. The van der Waals surface area contributed by atoms with Crippen LogP contribution in [0.1, 0.15) is 20.7 Å². The maximum atomic E-state index is 11.4. The van der Waals surface area contributed by atoms with Crippen molar-refractivity contribution < 1.29 is 14.2 Å². The summed E-state index contributed by atoms with van der Waals surface area (Å²) in [7, 11) is 1.62. The third-order valence-corrected chi connectivity index (χ3v) is 1.82. The summed E-state index contributed by atoms with van der Waals surface area (Å²) >= 11 is 0. The summed E-state index contributed by atoms with van der Waals surface area (Å²) in [6.07, 6.45) is 2.92. The monoisotopic (exact) mass is 230 g/mol. The van der Waals surface area contributed by atoms with E-state index in [1.54, 1.807) is 13.1 Å². The predicted octanol–water partition coefficient (Wildman–Crippen LogP) is -0.0319. The van der Waals surface area contributed by atoms with Gasteiger partial charge in [0.05, 0.1) is 6.01 Å². The highest BCUT2D eigenvalue weighted by Crippen LogP contribution is 2.03. The van der Waals surface area contributed by atoms with Crippen LogP contribution < -0.4 is 9.99 Å². The van der Waals surface area contributed by atoms with Crippen molar-refractivity contribution in [3.63, 3.8) is 0 Å². The van der Waals surface area contributed by atoms with E-state index in [0.29, 0.717) is 0 Å². The van der Waals surface area contributed by atoms with Crippen LogP contribution in [0.3, 0.4) is 0 Å². The minimum Gasteiger partial charge on any atom is -0.266 e. The van der Waals surface area contributed by atoms with Crippen molar-refractivity contribution in [2.75, 3.05) is 0 Å². The molecule has 0 atom stereocenters. The van der Waals surface area contributed by atoms with E-state index >= 15 is 0 Å². The number of aliphatic imine (C=N–C) groups is 1. The Morgan fingerprint density at radius 2 is 2.18 bits per heavy atom. The number of pyridine rings is 1. The van der Waals surface area contributed by atoms with Crippen molar-refractivity contribution in [3.8, 4) is 0 Å². The molecule has 2 N–H and O–H groups in total. The Hall–Kier alpha value is -2.84. The molecular formula is C10H8N5O2+. The number of hydrogen-bond donors (Lipinski definition) is 2. The van der Waals surface area contributed by atoms with Gasteiger partial charge in [0.1, 0.15) is 18.2 Å². The van der Waals surface area contributed by atoms with Gasteiger partial charge >= 0.3 is 5.91 Å². The largest absolute Gasteiger partial charge is 0.324 e. The lowest BCUT2D eigenvalue weighted by Gasteiger charge is -1.97. The van der Waals surface area contributed by atoms with Crippen LogP contribution in [0.5, 0.6) is 0 Å². The van der Waals surface area contributed by atoms with Gasteiger partial charge < -0.3 is 0 Å². The molecule has 0 aromatic carbocycles. The Morgan fingerprint density at radius 1 is 1.53 bits per heavy atom. The smallest absolute Gasteiger partial charge is 0.266 e. The second-order valence-corrected chi connectivity index (χ2v) is 3.06. The van der Waals surface area contributed by atoms with E-state index in [4.69, 9.17) is 12.0 Å². The number of aryl methyl sites for hydroxylation is 1. The van der Waals surface area contributed by atoms with Gasteiger partial charge in [-0.05, 0) is 11.5 Å². The summed E-state index contributed by atoms with van der Waals surface area (Å²) in [5, 5.41) is 6.58. The highest BCUT2D eigenvalue weighted by Gasteiger charge is 2.17. The first-order valence-electron chi connectivity index (χ1n) is 4.42. The standard InChI is InChI=1S/C10H7N5O2/c1-12-14-10(17)8-3-7(4-15(2)5-8)9(16)13-6-11/h3-5,11H,2H3/p+1. The molecule has 1 rings (SSSR count). The number of carbonyl (C=O) groups excluding carboxylic acids is 2. The van der Waals surface area contributed by atoms with Gasteiger partial charge in [-0.2, -0.15) is 11.5 Å². The average molecular weight is 230 g/mol. The Kier molecular flexibility index (Phi) is 3.81. The third-order valence-electron chi connectivity index (χ3n) is 1.82. The van der Waals surface area contributed by atoms with E-state index in [0.717, 1.165) is 0 Å². The second kappa shape index (κ2) is 5.30. The molecule has 1 aromatic rings. The third kappa shape index (κ3) is 3.06. The maximum Gasteiger partial charge on any atom is 0.324 e.